The zero-order valence-corrected chi connectivity index (χ0v) is 11.7. The third-order valence-electron chi connectivity index (χ3n) is 2.80. The van der Waals surface area contributed by atoms with Crippen LogP contribution in [-0.2, 0) is 0 Å². The minimum absolute atomic E-state index is 0.0565. The van der Waals surface area contributed by atoms with Crippen LogP contribution >= 0.6 is 23.8 Å². The summed E-state index contributed by atoms with van der Waals surface area (Å²) >= 11 is 11.1. The summed E-state index contributed by atoms with van der Waals surface area (Å²) in [6, 6.07) is 4.71. The molecule has 19 heavy (non-hydrogen) atoms. The second-order valence-electron chi connectivity index (χ2n) is 4.20. The Morgan fingerprint density at radius 2 is 2.26 bits per heavy atom. The van der Waals surface area contributed by atoms with Crippen molar-refractivity contribution >= 4 is 40.6 Å². The summed E-state index contributed by atoms with van der Waals surface area (Å²) in [7, 11) is 0. The van der Waals surface area contributed by atoms with Gasteiger partial charge in [-0.1, -0.05) is 11.6 Å². The molecule has 1 aliphatic heterocycles. The van der Waals surface area contributed by atoms with Gasteiger partial charge in [-0.2, -0.15) is 0 Å². The highest BCUT2D eigenvalue weighted by atomic mass is 35.5. The van der Waals surface area contributed by atoms with Gasteiger partial charge in [0.25, 0.3) is 0 Å². The van der Waals surface area contributed by atoms with E-state index in [1.807, 2.05) is 5.01 Å². The molecule has 1 fully saturated rings. The molecule has 5 nitrogen and oxygen atoms in total. The van der Waals surface area contributed by atoms with Crippen molar-refractivity contribution in [2.45, 2.75) is 12.8 Å². The molecule has 0 bridgehead atoms. The van der Waals surface area contributed by atoms with Gasteiger partial charge in [0.05, 0.1) is 10.6 Å². The SMILES string of the molecule is O=C(O)c1cc(NC(=S)N2CCCCN2)ccc1Cl. The van der Waals surface area contributed by atoms with Crippen LogP contribution in [0.5, 0.6) is 0 Å². The first-order valence-corrected chi connectivity index (χ1v) is 6.71. The Labute approximate surface area is 121 Å². The number of nitrogens with zero attached hydrogens (tertiary/aromatic N) is 1. The fourth-order valence-electron chi connectivity index (χ4n) is 1.82. The summed E-state index contributed by atoms with van der Waals surface area (Å²) in [6.07, 6.45) is 2.21. The first-order chi connectivity index (χ1) is 9.08. The van der Waals surface area contributed by atoms with Crippen molar-refractivity contribution in [1.82, 2.24) is 10.4 Å². The Morgan fingerprint density at radius 3 is 2.89 bits per heavy atom. The quantitative estimate of drug-likeness (QED) is 0.729. The number of nitrogens with one attached hydrogen (secondary N) is 2. The molecular weight excluding hydrogens is 286 g/mol. The second kappa shape index (κ2) is 6.18. The largest absolute Gasteiger partial charge is 0.478 e. The highest BCUT2D eigenvalue weighted by Crippen LogP contribution is 2.21. The smallest absolute Gasteiger partial charge is 0.337 e. The zero-order chi connectivity index (χ0) is 13.8. The fourth-order valence-corrected chi connectivity index (χ4v) is 2.29. The molecule has 1 heterocycles. The molecular formula is C12H14ClN3O2S. The van der Waals surface area contributed by atoms with Crippen molar-refractivity contribution in [1.29, 1.82) is 0 Å². The molecule has 102 valence electrons. The number of thiocarbonyl (C=S) groups is 1. The summed E-state index contributed by atoms with van der Waals surface area (Å²) < 4.78 is 0. The van der Waals surface area contributed by atoms with Crippen molar-refractivity contribution in [3.63, 3.8) is 0 Å². The average Bonchev–Trinajstić information content (AvgIpc) is 2.41. The Balaban J connectivity index is 2.08. The zero-order valence-electron chi connectivity index (χ0n) is 10.1. The van der Waals surface area contributed by atoms with E-state index in [2.05, 4.69) is 10.7 Å². The van der Waals surface area contributed by atoms with Crippen LogP contribution < -0.4 is 10.7 Å². The third-order valence-corrected chi connectivity index (χ3v) is 3.46. The molecule has 1 aromatic rings. The van der Waals surface area contributed by atoms with Gasteiger partial charge in [0.2, 0.25) is 0 Å². The van der Waals surface area contributed by atoms with Gasteiger partial charge in [-0.15, -0.1) is 0 Å². The number of aromatic carboxylic acids is 1. The number of anilines is 1. The van der Waals surface area contributed by atoms with Gasteiger partial charge in [-0.25, -0.2) is 10.2 Å². The third kappa shape index (κ3) is 3.56. The van der Waals surface area contributed by atoms with E-state index in [-0.39, 0.29) is 10.6 Å². The number of hydrazine groups is 1. The van der Waals surface area contributed by atoms with Crippen molar-refractivity contribution in [2.24, 2.45) is 0 Å². The molecule has 0 saturated carbocycles. The van der Waals surface area contributed by atoms with Crippen LogP contribution in [0.3, 0.4) is 0 Å². The van der Waals surface area contributed by atoms with Crippen molar-refractivity contribution < 1.29 is 9.90 Å². The average molecular weight is 300 g/mol. The van der Waals surface area contributed by atoms with E-state index < -0.39 is 5.97 Å². The van der Waals surface area contributed by atoms with Crippen LogP contribution in [0.2, 0.25) is 5.02 Å². The molecule has 0 aliphatic carbocycles. The monoisotopic (exact) mass is 299 g/mol. The summed E-state index contributed by atoms with van der Waals surface area (Å²) in [6.45, 7) is 1.73. The summed E-state index contributed by atoms with van der Waals surface area (Å²) in [5, 5.41) is 14.6. The maximum atomic E-state index is 11.0. The number of benzene rings is 1. The van der Waals surface area contributed by atoms with Crippen molar-refractivity contribution in [3.05, 3.63) is 28.8 Å². The van der Waals surface area contributed by atoms with Gasteiger partial charge < -0.3 is 10.4 Å². The number of halogens is 1. The predicted octanol–water partition coefficient (Wildman–Crippen LogP) is 2.34. The van der Waals surface area contributed by atoms with Crippen LogP contribution in [0.4, 0.5) is 5.69 Å². The van der Waals surface area contributed by atoms with E-state index in [0.717, 1.165) is 25.9 Å². The molecule has 0 radical (unpaired) electrons. The van der Waals surface area contributed by atoms with Gasteiger partial charge in [-0.05, 0) is 43.3 Å². The molecule has 7 heteroatoms. The van der Waals surface area contributed by atoms with E-state index >= 15 is 0 Å². The van der Waals surface area contributed by atoms with Gasteiger partial charge >= 0.3 is 5.97 Å². The molecule has 0 unspecified atom stereocenters. The Kier molecular flexibility index (Phi) is 4.57. The van der Waals surface area contributed by atoms with Gasteiger partial charge in [0.1, 0.15) is 0 Å². The standard InChI is InChI=1S/C12H14ClN3O2S/c13-10-4-3-8(7-9(10)11(17)18)15-12(19)16-6-2-1-5-14-16/h3-4,7,14H,1-2,5-6H2,(H,15,19)(H,17,18). The van der Waals surface area contributed by atoms with Crippen molar-refractivity contribution in [2.75, 3.05) is 18.4 Å². The Morgan fingerprint density at radius 1 is 1.47 bits per heavy atom. The Bertz CT molecular complexity index is 504. The van der Waals surface area contributed by atoms with Crippen molar-refractivity contribution in [3.8, 4) is 0 Å². The highest BCUT2D eigenvalue weighted by molar-refractivity contribution is 7.80. The van der Waals surface area contributed by atoms with Gasteiger partial charge in [0, 0.05) is 18.8 Å². The molecule has 3 N–H and O–H groups in total. The van der Waals surface area contributed by atoms with E-state index in [1.54, 1.807) is 12.1 Å². The minimum Gasteiger partial charge on any atom is -0.478 e. The molecule has 0 amide bonds. The lowest BCUT2D eigenvalue weighted by atomic mass is 10.2. The summed E-state index contributed by atoms with van der Waals surface area (Å²) in [4.78, 5) is 11.0. The summed E-state index contributed by atoms with van der Waals surface area (Å²) in [5.74, 6) is -1.06. The molecule has 1 aliphatic rings. The maximum absolute atomic E-state index is 11.0. The molecule has 2 rings (SSSR count). The lowest BCUT2D eigenvalue weighted by Gasteiger charge is -2.30. The van der Waals surface area contributed by atoms with Gasteiger partial charge in [-0.3, -0.25) is 5.01 Å². The van der Waals surface area contributed by atoms with Crippen LogP contribution in [0, 0.1) is 0 Å². The van der Waals surface area contributed by atoms with E-state index in [0.29, 0.717) is 10.8 Å². The topological polar surface area (TPSA) is 64.6 Å². The van der Waals surface area contributed by atoms with E-state index in [9.17, 15) is 4.79 Å². The predicted molar refractivity (Wildman–Crippen MR) is 78.6 cm³/mol. The molecule has 0 atom stereocenters. The first-order valence-electron chi connectivity index (χ1n) is 5.93. The van der Waals surface area contributed by atoms with Crippen LogP contribution in [-0.4, -0.2) is 34.3 Å². The number of hydrogen-bond donors (Lipinski definition) is 3. The highest BCUT2D eigenvalue weighted by Gasteiger charge is 2.14. The lowest BCUT2D eigenvalue weighted by molar-refractivity contribution is 0.0697. The van der Waals surface area contributed by atoms with Crippen LogP contribution in [0.25, 0.3) is 0 Å². The number of rotatable bonds is 2. The number of carboxylic acids is 1. The summed E-state index contributed by atoms with van der Waals surface area (Å²) in [5.41, 5.74) is 3.84. The number of carboxylic acid groups (broad SMARTS) is 1. The van der Waals surface area contributed by atoms with E-state index in [4.69, 9.17) is 28.9 Å². The van der Waals surface area contributed by atoms with E-state index in [1.165, 1.54) is 6.07 Å². The van der Waals surface area contributed by atoms with Gasteiger partial charge in [0.15, 0.2) is 5.11 Å². The maximum Gasteiger partial charge on any atom is 0.337 e. The first kappa shape index (κ1) is 14.0. The van der Waals surface area contributed by atoms with Crippen LogP contribution in [0.1, 0.15) is 23.2 Å². The fraction of sp³-hybridized carbons (Fsp3) is 0.333. The molecule has 0 aromatic heterocycles. The second-order valence-corrected chi connectivity index (χ2v) is 4.99. The Hall–Kier alpha value is -1.37. The minimum atomic E-state index is -1.06. The molecule has 1 aromatic carbocycles. The van der Waals surface area contributed by atoms with Crippen LogP contribution in [0.15, 0.2) is 18.2 Å². The molecule has 0 spiro atoms. The number of carbonyl (C=O) groups is 1. The molecule has 1 saturated heterocycles. The number of hydrogen-bond acceptors (Lipinski definition) is 3. The normalized spacial score (nSPS) is 15.1. The lowest BCUT2D eigenvalue weighted by Crippen LogP contribution is -2.48.